The SMILES string of the molecule is [B]C([B])([B])C([B])(C([B])([B])O)S(=O)(=O)c1ccc(-c2cnc(N)c(-c3cc(-c4ccc(CNC)cc4)no3)n2)cc1. The molecule has 4 aromatic rings. The zero-order valence-corrected chi connectivity index (χ0v) is 22.3. The second kappa shape index (κ2) is 10.6. The van der Waals surface area contributed by atoms with Crippen LogP contribution in [0.2, 0.25) is 5.11 Å². The molecule has 2 aromatic carbocycles. The quantitative estimate of drug-likeness (QED) is 0.250. The normalized spacial score (nSPS) is 14.1. The maximum absolute atomic E-state index is 13.3. The monoisotopic (exact) mass is 539 g/mol. The summed E-state index contributed by atoms with van der Waals surface area (Å²) < 4.78 is 29.0. The first-order valence-corrected chi connectivity index (χ1v) is 13.2. The molecule has 188 valence electrons. The van der Waals surface area contributed by atoms with Gasteiger partial charge in [-0.15, -0.1) is 5.11 Å². The van der Waals surface area contributed by atoms with Gasteiger partial charge >= 0.3 is 0 Å². The third-order valence-electron chi connectivity index (χ3n) is 6.30. The zero-order valence-electron chi connectivity index (χ0n) is 21.4. The summed E-state index contributed by atoms with van der Waals surface area (Å²) in [5.74, 6) is 0.377. The molecule has 1 atom stereocenters. The first-order valence-electron chi connectivity index (χ1n) is 11.7. The molecule has 40 heavy (non-hydrogen) atoms. The van der Waals surface area contributed by atoms with Crippen molar-refractivity contribution < 1.29 is 18.0 Å². The lowest BCUT2D eigenvalue weighted by atomic mass is 9.27. The van der Waals surface area contributed by atoms with Crippen LogP contribution < -0.4 is 11.1 Å². The van der Waals surface area contributed by atoms with Gasteiger partial charge in [0, 0.05) is 28.4 Å². The number of hydrogen-bond acceptors (Lipinski definition) is 9. The molecule has 0 amide bonds. The minimum absolute atomic E-state index is 0.0956. The highest BCUT2D eigenvalue weighted by atomic mass is 32.2. The van der Waals surface area contributed by atoms with E-state index < -0.39 is 29.9 Å². The van der Waals surface area contributed by atoms with Crippen molar-refractivity contribution in [3.8, 4) is 34.0 Å². The van der Waals surface area contributed by atoms with Gasteiger partial charge in [0.05, 0.1) is 63.9 Å². The Kier molecular flexibility index (Phi) is 7.92. The van der Waals surface area contributed by atoms with Crippen molar-refractivity contribution in [3.05, 3.63) is 66.4 Å². The van der Waals surface area contributed by atoms with Gasteiger partial charge in [-0.25, -0.2) is 18.4 Å². The molecule has 4 N–H and O–H groups in total. The second-order valence-electron chi connectivity index (χ2n) is 9.31. The molecule has 0 saturated heterocycles. The highest BCUT2D eigenvalue weighted by molar-refractivity contribution is 7.94. The number of aromatic nitrogens is 3. The highest BCUT2D eigenvalue weighted by Gasteiger charge is 2.55. The fourth-order valence-electron chi connectivity index (χ4n) is 4.02. The Bertz CT molecular complexity index is 1610. The lowest BCUT2D eigenvalue weighted by molar-refractivity contribution is 0.191. The van der Waals surface area contributed by atoms with Gasteiger partial charge in [-0.3, -0.25) is 0 Å². The van der Waals surface area contributed by atoms with E-state index in [9.17, 15) is 13.5 Å². The molecule has 12 radical (unpaired) electrons. The standard InChI is InChI=1S/C24H19B6N5O4S/c1-32-11-13-2-4-14(5-3-13)17-10-19(39-35-17)20-21(31)33-12-18(34-20)15-6-8-16(9-7-15)40(37,38)22(25,23(26,27)28)24(29,30)36/h2-10,12,32,36H,11H2,1H3,(H2,31,33). The van der Waals surface area contributed by atoms with Crippen molar-refractivity contribution in [2.45, 2.75) is 26.6 Å². The third kappa shape index (κ3) is 5.27. The topological polar surface area (TPSA) is 144 Å². The summed E-state index contributed by atoms with van der Waals surface area (Å²) in [5.41, 5.74) is 9.61. The molecular formula is C24H19B6N5O4S. The smallest absolute Gasteiger partial charge is 0.189 e. The summed E-state index contributed by atoms with van der Waals surface area (Å²) in [4.78, 5) is 8.31. The van der Waals surface area contributed by atoms with Crippen molar-refractivity contribution >= 4 is 62.7 Å². The van der Waals surface area contributed by atoms with E-state index in [1.54, 1.807) is 6.07 Å². The molecule has 2 heterocycles. The van der Waals surface area contributed by atoms with Crippen molar-refractivity contribution in [2.24, 2.45) is 0 Å². The van der Waals surface area contributed by atoms with Crippen LogP contribution in [0.3, 0.4) is 0 Å². The van der Waals surface area contributed by atoms with E-state index in [1.807, 2.05) is 31.3 Å². The number of nitrogens with zero attached hydrogens (tertiary/aromatic N) is 3. The summed E-state index contributed by atoms with van der Waals surface area (Å²) in [5, 5.41) is 11.5. The van der Waals surface area contributed by atoms with Crippen LogP contribution in [0.4, 0.5) is 5.82 Å². The molecule has 4 rings (SSSR count). The first-order chi connectivity index (χ1) is 18.6. The number of anilines is 1. The van der Waals surface area contributed by atoms with Gasteiger partial charge in [0.25, 0.3) is 0 Å². The number of nitrogens with two attached hydrogens (primary N) is 1. The van der Waals surface area contributed by atoms with E-state index in [1.165, 1.54) is 30.5 Å². The van der Waals surface area contributed by atoms with Crippen molar-refractivity contribution in [2.75, 3.05) is 12.8 Å². The molecule has 2 aromatic heterocycles. The zero-order chi connectivity index (χ0) is 29.5. The summed E-state index contributed by atoms with van der Waals surface area (Å²) >= 11 is 0. The van der Waals surface area contributed by atoms with Gasteiger partial charge in [0.1, 0.15) is 5.69 Å². The van der Waals surface area contributed by atoms with Gasteiger partial charge < -0.3 is 20.7 Å². The molecule has 0 spiro atoms. The molecule has 16 heteroatoms. The lowest BCUT2D eigenvalue weighted by Crippen LogP contribution is -2.67. The van der Waals surface area contributed by atoms with Crippen LogP contribution in [0.25, 0.3) is 34.0 Å². The van der Waals surface area contributed by atoms with Crippen LogP contribution in [-0.2, 0) is 16.4 Å². The molecule has 0 aliphatic heterocycles. The fraction of sp³-hybridized carbons (Fsp3) is 0.208. The van der Waals surface area contributed by atoms with Gasteiger partial charge in [0.2, 0.25) is 0 Å². The predicted octanol–water partition coefficient (Wildman–Crippen LogP) is -0.0320. The average Bonchev–Trinajstić information content (AvgIpc) is 3.38. The number of sulfone groups is 1. The number of aliphatic hydroxyl groups is 1. The molecule has 9 nitrogen and oxygen atoms in total. The van der Waals surface area contributed by atoms with Gasteiger partial charge in [-0.1, -0.05) is 41.6 Å². The van der Waals surface area contributed by atoms with E-state index in [2.05, 4.69) is 20.4 Å². The maximum Gasteiger partial charge on any atom is 0.189 e. The Morgan fingerprint density at radius 1 is 0.950 bits per heavy atom. The molecule has 0 saturated carbocycles. The van der Waals surface area contributed by atoms with Crippen LogP contribution >= 0.6 is 0 Å². The summed E-state index contributed by atoms with van der Waals surface area (Å²) in [7, 11) is 30.5. The van der Waals surface area contributed by atoms with Gasteiger partial charge in [-0.05, 0) is 30.1 Å². The van der Waals surface area contributed by atoms with Crippen molar-refractivity contribution in [1.82, 2.24) is 20.4 Å². The number of rotatable bonds is 9. The van der Waals surface area contributed by atoms with Crippen LogP contribution in [0, 0.1) is 0 Å². The van der Waals surface area contributed by atoms with Crippen LogP contribution in [0.5, 0.6) is 0 Å². The second-order valence-corrected chi connectivity index (χ2v) is 11.4. The van der Waals surface area contributed by atoms with Gasteiger partial charge in [0.15, 0.2) is 27.1 Å². The Morgan fingerprint density at radius 3 is 2.08 bits per heavy atom. The number of benzene rings is 2. The predicted molar refractivity (Wildman–Crippen MR) is 158 cm³/mol. The van der Waals surface area contributed by atoms with Crippen molar-refractivity contribution in [1.29, 1.82) is 0 Å². The Morgan fingerprint density at radius 2 is 1.52 bits per heavy atom. The first kappa shape index (κ1) is 29.8. The summed E-state index contributed by atoms with van der Waals surface area (Å²) in [6.45, 7) is 0.735. The fourth-order valence-corrected chi connectivity index (χ4v) is 5.79. The van der Waals surface area contributed by atoms with E-state index in [4.69, 9.17) is 57.3 Å². The minimum Gasteiger partial charge on any atom is -0.408 e. The van der Waals surface area contributed by atoms with E-state index in [-0.39, 0.29) is 17.3 Å². The molecule has 0 fully saturated rings. The van der Waals surface area contributed by atoms with Crippen LogP contribution in [0.15, 0.2) is 70.2 Å². The molecule has 0 bridgehead atoms. The Hall–Kier alpha value is -3.21. The third-order valence-corrected chi connectivity index (χ3v) is 8.72. The average molecular weight is 538 g/mol. The van der Waals surface area contributed by atoms with E-state index in [0.29, 0.717) is 17.0 Å². The largest absolute Gasteiger partial charge is 0.408 e. The van der Waals surface area contributed by atoms with Crippen LogP contribution in [-0.4, -0.2) is 92.8 Å². The lowest BCUT2D eigenvalue weighted by Gasteiger charge is -2.52. The summed E-state index contributed by atoms with van der Waals surface area (Å²) in [6.07, 6.45) is 1.40. The van der Waals surface area contributed by atoms with E-state index >= 15 is 0 Å². The molecule has 0 aliphatic rings. The highest BCUT2D eigenvalue weighted by Crippen LogP contribution is 2.43. The minimum atomic E-state index is -4.78. The number of hydrogen-bond donors (Lipinski definition) is 3. The number of nitrogens with one attached hydrogen (secondary N) is 1. The molecule has 1 unspecified atom stereocenters. The van der Waals surface area contributed by atoms with Crippen molar-refractivity contribution in [3.63, 3.8) is 0 Å². The van der Waals surface area contributed by atoms with E-state index in [0.717, 1.165) is 17.7 Å². The summed E-state index contributed by atoms with van der Waals surface area (Å²) in [6, 6.07) is 14.6. The maximum atomic E-state index is 13.3. The molecule has 0 aliphatic carbocycles. The molecular weight excluding hydrogens is 519 g/mol. The van der Waals surface area contributed by atoms with Gasteiger partial charge in [-0.2, -0.15) is 0 Å². The number of nitrogen functional groups attached to an aromatic ring is 1. The Labute approximate surface area is 240 Å². The van der Waals surface area contributed by atoms with Crippen LogP contribution in [0.1, 0.15) is 5.56 Å². The Balaban J connectivity index is 1.66.